The van der Waals surface area contributed by atoms with Crippen molar-refractivity contribution in [3.8, 4) is 0 Å². The summed E-state index contributed by atoms with van der Waals surface area (Å²) in [5, 5.41) is 27.9. The summed E-state index contributed by atoms with van der Waals surface area (Å²) < 4.78 is 27.2. The van der Waals surface area contributed by atoms with Crippen molar-refractivity contribution in [3.05, 3.63) is 35.9 Å². The van der Waals surface area contributed by atoms with Crippen molar-refractivity contribution in [3.63, 3.8) is 0 Å². The highest BCUT2D eigenvalue weighted by Gasteiger charge is 2.35. The molecule has 1 heterocycles. The Morgan fingerprint density at radius 3 is 2.29 bits per heavy atom. The molecule has 2 unspecified atom stereocenters. The molecule has 1 saturated heterocycles. The minimum absolute atomic E-state index is 0.0795. The van der Waals surface area contributed by atoms with Crippen LogP contribution in [0, 0.1) is 17.8 Å². The molecule has 12 heteroatoms. The number of halogens is 2. The fourth-order valence-electron chi connectivity index (χ4n) is 7.04. The Labute approximate surface area is 293 Å². The Kier molecular flexibility index (Phi) is 16.9. The van der Waals surface area contributed by atoms with E-state index in [0.29, 0.717) is 38.3 Å². The Bertz CT molecular complexity index is 1150. The second-order valence-electron chi connectivity index (χ2n) is 14.9. The van der Waals surface area contributed by atoms with Crippen molar-refractivity contribution < 1.29 is 33.4 Å². The number of likely N-dealkylation sites (tertiary alicyclic amines) is 1. The molecule has 5 atom stereocenters. The zero-order valence-electron chi connectivity index (χ0n) is 30.1. The van der Waals surface area contributed by atoms with Gasteiger partial charge in [-0.3, -0.25) is 14.4 Å². The van der Waals surface area contributed by atoms with E-state index >= 15 is 0 Å². The molecule has 49 heavy (non-hydrogen) atoms. The quantitative estimate of drug-likeness (QED) is 0.161. The molecule has 1 saturated carbocycles. The Balaban J connectivity index is 1.70. The van der Waals surface area contributed by atoms with Gasteiger partial charge in [0.2, 0.25) is 17.7 Å². The van der Waals surface area contributed by atoms with E-state index in [1.54, 1.807) is 26.1 Å². The van der Waals surface area contributed by atoms with E-state index in [-0.39, 0.29) is 50.5 Å². The molecular formula is C37H60BF2N4O5. The minimum Gasteiger partial charge on any atom is -0.390 e. The monoisotopic (exact) mass is 689 g/mol. The molecule has 3 rings (SSSR count). The third-order valence-corrected chi connectivity index (χ3v) is 10.1. The third kappa shape index (κ3) is 14.3. The van der Waals surface area contributed by atoms with Crippen LogP contribution in [-0.4, -0.2) is 108 Å². The molecule has 275 valence electrons. The van der Waals surface area contributed by atoms with Crippen LogP contribution in [-0.2, 0) is 20.8 Å². The van der Waals surface area contributed by atoms with Crippen LogP contribution in [0.25, 0.3) is 0 Å². The van der Waals surface area contributed by atoms with E-state index < -0.39 is 47.9 Å². The topological polar surface area (TPSA) is 122 Å². The number of hydrogen-bond acceptors (Lipinski definition) is 6. The highest BCUT2D eigenvalue weighted by atomic mass is 19.3. The van der Waals surface area contributed by atoms with Crippen LogP contribution < -0.4 is 10.6 Å². The maximum atomic E-state index is 13.9. The highest BCUT2D eigenvalue weighted by Crippen LogP contribution is 2.29. The summed E-state index contributed by atoms with van der Waals surface area (Å²) in [6.07, 6.45) is 4.32. The van der Waals surface area contributed by atoms with E-state index in [4.69, 9.17) is 0 Å². The first-order valence-corrected chi connectivity index (χ1v) is 18.4. The number of piperidine rings is 1. The maximum Gasteiger partial charge on any atom is 0.250 e. The highest BCUT2D eigenvalue weighted by molar-refractivity contribution is 6.34. The Hall–Kier alpha value is -2.57. The smallest absolute Gasteiger partial charge is 0.250 e. The zero-order chi connectivity index (χ0) is 36.0. The van der Waals surface area contributed by atoms with Gasteiger partial charge in [0.25, 0.3) is 5.92 Å². The fraction of sp³-hybridized carbons (Fsp3) is 0.757. The average Bonchev–Trinajstić information content (AvgIpc) is 3.07. The van der Waals surface area contributed by atoms with Gasteiger partial charge in [-0.2, -0.15) is 0 Å². The van der Waals surface area contributed by atoms with Gasteiger partial charge < -0.3 is 30.6 Å². The Morgan fingerprint density at radius 2 is 1.67 bits per heavy atom. The van der Waals surface area contributed by atoms with Crippen molar-refractivity contribution in [1.82, 2.24) is 20.4 Å². The second-order valence-corrected chi connectivity index (χ2v) is 14.9. The van der Waals surface area contributed by atoms with Crippen molar-refractivity contribution in [2.24, 2.45) is 17.8 Å². The number of nitrogens with zero attached hydrogens (tertiary/aromatic N) is 2. The minimum atomic E-state index is -2.63. The molecule has 0 bridgehead atoms. The first-order chi connectivity index (χ1) is 23.3. The molecule has 1 aromatic rings. The van der Waals surface area contributed by atoms with E-state index in [2.05, 4.69) is 10.6 Å². The molecule has 3 amide bonds. The zero-order valence-corrected chi connectivity index (χ0v) is 30.1. The van der Waals surface area contributed by atoms with Crippen LogP contribution in [0.1, 0.15) is 83.6 Å². The summed E-state index contributed by atoms with van der Waals surface area (Å²) in [6, 6.07) is 7.81. The number of aliphatic hydroxyl groups excluding tert-OH is 2. The number of carbonyl (C=O) groups excluding carboxylic acids is 3. The van der Waals surface area contributed by atoms with Gasteiger partial charge >= 0.3 is 0 Å². The molecule has 1 aromatic carbocycles. The largest absolute Gasteiger partial charge is 0.390 e. The second kappa shape index (κ2) is 20.3. The fourth-order valence-corrected chi connectivity index (χ4v) is 7.04. The predicted molar refractivity (Wildman–Crippen MR) is 189 cm³/mol. The van der Waals surface area contributed by atoms with Crippen LogP contribution in [0.3, 0.4) is 0 Å². The standard InChI is InChI=1S/C37H60BF2N4O5/c1-26(2)21-32(45)34(47)30(23-28-13-9-6-10-14-28)41-36(49)31(25-38-3)42-35(48)29(22-27-11-7-5-8-12-27)24-33(46)43(4)19-20-44-17-15-37(39,40)16-18-44/h5,7-8,11-12,26,28-32,34,45,47H,6,9-10,13-25H2,1-4H3,(H,41,49)(H,42,48)/t29?,30-,31-,32-,34?/m0/s1. The van der Waals surface area contributed by atoms with Gasteiger partial charge in [0, 0.05) is 52.5 Å². The summed E-state index contributed by atoms with van der Waals surface area (Å²) in [5.74, 6) is -3.98. The van der Waals surface area contributed by atoms with E-state index in [1.165, 1.54) is 6.42 Å². The number of hydrogen-bond donors (Lipinski definition) is 4. The van der Waals surface area contributed by atoms with E-state index in [0.717, 1.165) is 31.2 Å². The van der Waals surface area contributed by atoms with Crippen LogP contribution >= 0.6 is 0 Å². The summed E-state index contributed by atoms with van der Waals surface area (Å²) in [4.78, 5) is 44.5. The first kappa shape index (κ1) is 40.9. The van der Waals surface area contributed by atoms with Gasteiger partial charge in [-0.15, -0.1) is 0 Å². The van der Waals surface area contributed by atoms with Crippen LogP contribution in [0.15, 0.2) is 30.3 Å². The van der Waals surface area contributed by atoms with Gasteiger partial charge in [0.05, 0.1) is 18.1 Å². The molecule has 9 nitrogen and oxygen atoms in total. The predicted octanol–water partition coefficient (Wildman–Crippen LogP) is 4.30. The SMILES string of the molecule is C[B]C[C@H](NC(=O)C(CC(=O)N(C)CCN1CCC(F)(F)CC1)Cc1ccccc1)C(=O)N[C@@H](CC1CCCCC1)C(O)[C@@H](O)CC(C)C. The molecule has 4 N–H and O–H groups in total. The van der Waals surface area contributed by atoms with Gasteiger partial charge in [-0.1, -0.05) is 89.4 Å². The lowest BCUT2D eigenvalue weighted by Crippen LogP contribution is -2.56. The number of benzene rings is 1. The Morgan fingerprint density at radius 1 is 1.02 bits per heavy atom. The molecule has 1 radical (unpaired) electrons. The van der Waals surface area contributed by atoms with Gasteiger partial charge in [-0.05, 0) is 36.7 Å². The van der Waals surface area contributed by atoms with Crippen molar-refractivity contribution >= 4 is 25.0 Å². The van der Waals surface area contributed by atoms with E-state index in [9.17, 15) is 33.4 Å². The molecule has 2 fully saturated rings. The van der Waals surface area contributed by atoms with Crippen molar-refractivity contribution in [2.75, 3.05) is 33.2 Å². The molecule has 2 aliphatic rings. The molecule has 0 aromatic heterocycles. The number of alkyl halides is 2. The molecule has 0 spiro atoms. The van der Waals surface area contributed by atoms with Crippen LogP contribution in [0.2, 0.25) is 13.1 Å². The van der Waals surface area contributed by atoms with E-state index in [1.807, 2.05) is 49.1 Å². The summed E-state index contributed by atoms with van der Waals surface area (Å²) in [6.45, 7) is 7.13. The van der Waals surface area contributed by atoms with Gasteiger partial charge in [0.15, 0.2) is 0 Å². The van der Waals surface area contributed by atoms with Crippen LogP contribution in [0.5, 0.6) is 0 Å². The maximum absolute atomic E-state index is 13.9. The number of carbonyl (C=O) groups is 3. The first-order valence-electron chi connectivity index (χ1n) is 18.4. The summed E-state index contributed by atoms with van der Waals surface area (Å²) in [7, 11) is 3.46. The van der Waals surface area contributed by atoms with Crippen molar-refractivity contribution in [2.45, 2.75) is 128 Å². The number of likely N-dealkylation sites (N-methyl/N-ethyl adjacent to an activating group) is 1. The molecule has 1 aliphatic heterocycles. The van der Waals surface area contributed by atoms with Crippen LogP contribution in [0.4, 0.5) is 8.78 Å². The lowest BCUT2D eigenvalue weighted by Gasteiger charge is -2.34. The third-order valence-electron chi connectivity index (χ3n) is 10.1. The lowest BCUT2D eigenvalue weighted by atomic mass is 9.74. The molecular weight excluding hydrogens is 629 g/mol. The number of amides is 3. The van der Waals surface area contributed by atoms with Crippen molar-refractivity contribution in [1.29, 1.82) is 0 Å². The van der Waals surface area contributed by atoms with Gasteiger partial charge in [-0.25, -0.2) is 8.78 Å². The number of aliphatic hydroxyl groups is 2. The lowest BCUT2D eigenvalue weighted by molar-refractivity contribution is -0.137. The number of rotatable bonds is 19. The van der Waals surface area contributed by atoms with Gasteiger partial charge in [0.1, 0.15) is 19.4 Å². The normalized spacial score (nSPS) is 20.1. The average molecular weight is 690 g/mol. The summed E-state index contributed by atoms with van der Waals surface area (Å²) in [5.41, 5.74) is 0.880. The molecule has 1 aliphatic carbocycles. The summed E-state index contributed by atoms with van der Waals surface area (Å²) >= 11 is 0. The number of nitrogens with one attached hydrogen (secondary N) is 2.